The van der Waals surface area contributed by atoms with E-state index in [1.54, 1.807) is 14.0 Å². The summed E-state index contributed by atoms with van der Waals surface area (Å²) >= 11 is 0. The molecule has 0 heterocycles. The van der Waals surface area contributed by atoms with Gasteiger partial charge >= 0.3 is 5.97 Å². The molecule has 0 spiro atoms. The predicted molar refractivity (Wildman–Crippen MR) is 186 cm³/mol. The maximum absolute atomic E-state index is 11.6. The molecule has 44 heavy (non-hydrogen) atoms. The highest BCUT2D eigenvalue weighted by molar-refractivity contribution is 5.86. The van der Waals surface area contributed by atoms with Crippen LogP contribution in [0.4, 0.5) is 0 Å². The summed E-state index contributed by atoms with van der Waals surface area (Å²) in [5.41, 5.74) is 7.40. The smallest absolute Gasteiger partial charge is 0.333 e. The van der Waals surface area contributed by atoms with Crippen LogP contribution in [0.25, 0.3) is 24.3 Å². The zero-order valence-electron chi connectivity index (χ0n) is 28.0. The Morgan fingerprint density at radius 3 is 1.59 bits per heavy atom. The van der Waals surface area contributed by atoms with Crippen LogP contribution in [-0.2, 0) is 20.4 Å². The summed E-state index contributed by atoms with van der Waals surface area (Å²) in [6.45, 7) is 19.6. The first-order chi connectivity index (χ1) is 20.8. The van der Waals surface area contributed by atoms with Gasteiger partial charge in [-0.15, -0.1) is 0 Å². The van der Waals surface area contributed by atoms with Crippen LogP contribution >= 0.6 is 0 Å². The van der Waals surface area contributed by atoms with Gasteiger partial charge in [0.05, 0.1) is 20.3 Å². The van der Waals surface area contributed by atoms with Crippen LogP contribution in [0.15, 0.2) is 72.8 Å². The Bertz CT molecular complexity index is 1440. The third-order valence-corrected chi connectivity index (χ3v) is 7.45. The first kappa shape index (κ1) is 34.4. The van der Waals surface area contributed by atoms with Crippen LogP contribution in [0.1, 0.15) is 101 Å². The van der Waals surface area contributed by atoms with Crippen molar-refractivity contribution in [2.75, 3.05) is 20.3 Å². The van der Waals surface area contributed by atoms with Crippen molar-refractivity contribution in [1.82, 2.24) is 0 Å². The highest BCUT2D eigenvalue weighted by atomic mass is 16.5. The lowest BCUT2D eigenvalue weighted by molar-refractivity contribution is -0.139. The molecule has 0 atom stereocenters. The Hall–Kier alpha value is -4.05. The second-order valence-corrected chi connectivity index (χ2v) is 13.4. The van der Waals surface area contributed by atoms with Crippen LogP contribution < -0.4 is 9.47 Å². The summed E-state index contributed by atoms with van der Waals surface area (Å²) in [4.78, 5) is 11.6. The number of unbranched alkanes of at least 4 members (excludes halogenated alkanes) is 2. The topological polar surface area (TPSA) is 44.8 Å². The number of hydrogen-bond acceptors (Lipinski definition) is 4. The standard InChI is InChI=1S/C40H50O4/c1-29(2)38(41)44-26-12-10-11-25-43-37-28-32(19-13-30-15-21-34(22-16-30)39(3,4)5)36(42-9)27-33(37)20-14-31-17-23-35(24-18-31)40(6,7)8/h13-24,27-28H,1,10-12,25-26H2,2-9H3. The Morgan fingerprint density at radius 1 is 0.682 bits per heavy atom. The molecule has 0 radical (unpaired) electrons. The molecule has 0 saturated heterocycles. The molecule has 0 fully saturated rings. The van der Waals surface area contributed by atoms with Gasteiger partial charge in [-0.05, 0) is 71.4 Å². The van der Waals surface area contributed by atoms with E-state index in [0.717, 1.165) is 53.0 Å². The van der Waals surface area contributed by atoms with Gasteiger partial charge in [-0.3, -0.25) is 0 Å². The zero-order chi connectivity index (χ0) is 32.3. The van der Waals surface area contributed by atoms with Gasteiger partial charge in [0.2, 0.25) is 0 Å². The molecule has 0 amide bonds. The highest BCUT2D eigenvalue weighted by Crippen LogP contribution is 2.33. The van der Waals surface area contributed by atoms with E-state index >= 15 is 0 Å². The molecular weight excluding hydrogens is 544 g/mol. The van der Waals surface area contributed by atoms with Crippen molar-refractivity contribution in [2.45, 2.75) is 78.6 Å². The van der Waals surface area contributed by atoms with Gasteiger partial charge in [0.1, 0.15) is 11.5 Å². The van der Waals surface area contributed by atoms with E-state index in [1.807, 2.05) is 6.07 Å². The van der Waals surface area contributed by atoms with Crippen LogP contribution in [0.2, 0.25) is 0 Å². The monoisotopic (exact) mass is 594 g/mol. The largest absolute Gasteiger partial charge is 0.496 e. The van der Waals surface area contributed by atoms with Gasteiger partial charge in [0.15, 0.2) is 0 Å². The average Bonchev–Trinajstić information content (AvgIpc) is 2.98. The summed E-state index contributed by atoms with van der Waals surface area (Å²) < 4.78 is 17.4. The Morgan fingerprint density at radius 2 is 1.14 bits per heavy atom. The number of carbonyl (C=O) groups is 1. The van der Waals surface area contributed by atoms with Crippen molar-refractivity contribution in [3.63, 3.8) is 0 Å². The van der Waals surface area contributed by atoms with Gasteiger partial charge < -0.3 is 14.2 Å². The van der Waals surface area contributed by atoms with Crippen molar-refractivity contribution in [3.8, 4) is 11.5 Å². The first-order valence-electron chi connectivity index (χ1n) is 15.5. The molecule has 0 aliphatic heterocycles. The van der Waals surface area contributed by atoms with Gasteiger partial charge in [-0.25, -0.2) is 4.79 Å². The lowest BCUT2D eigenvalue weighted by Crippen LogP contribution is -2.10. The Kier molecular flexibility index (Phi) is 12.2. The van der Waals surface area contributed by atoms with Gasteiger partial charge in [-0.1, -0.05) is 121 Å². The summed E-state index contributed by atoms with van der Waals surface area (Å²) in [5, 5.41) is 0. The van der Waals surface area contributed by atoms with E-state index in [-0.39, 0.29) is 16.8 Å². The van der Waals surface area contributed by atoms with E-state index in [0.29, 0.717) is 18.8 Å². The quantitative estimate of drug-likeness (QED) is 0.0855. The Labute approximate surface area is 265 Å². The minimum absolute atomic E-state index is 0.112. The number of esters is 1. The normalized spacial score (nSPS) is 12.1. The average molecular weight is 595 g/mol. The number of ether oxygens (including phenoxy) is 3. The lowest BCUT2D eigenvalue weighted by Gasteiger charge is -2.18. The fraction of sp³-hybridized carbons (Fsp3) is 0.375. The summed E-state index contributed by atoms with van der Waals surface area (Å²) in [6.07, 6.45) is 10.9. The molecule has 0 saturated carbocycles. The summed E-state index contributed by atoms with van der Waals surface area (Å²) in [7, 11) is 1.70. The molecule has 234 valence electrons. The maximum Gasteiger partial charge on any atom is 0.333 e. The second kappa shape index (κ2) is 15.6. The molecule has 4 nitrogen and oxygen atoms in total. The second-order valence-electron chi connectivity index (χ2n) is 13.4. The van der Waals surface area contributed by atoms with E-state index in [2.05, 4.69) is 127 Å². The zero-order valence-corrected chi connectivity index (χ0v) is 28.0. The molecule has 0 bridgehead atoms. The van der Waals surface area contributed by atoms with Crippen LogP contribution in [0.3, 0.4) is 0 Å². The number of carbonyl (C=O) groups excluding carboxylic acids is 1. The van der Waals surface area contributed by atoms with E-state index in [9.17, 15) is 4.79 Å². The third kappa shape index (κ3) is 10.6. The number of methoxy groups -OCH3 is 1. The number of rotatable bonds is 13. The maximum atomic E-state index is 11.6. The molecule has 3 rings (SSSR count). The van der Waals surface area contributed by atoms with Gasteiger partial charge in [-0.2, -0.15) is 0 Å². The molecule has 3 aromatic rings. The predicted octanol–water partition coefficient (Wildman–Crippen LogP) is 10.3. The first-order valence-corrected chi connectivity index (χ1v) is 15.5. The summed E-state index contributed by atoms with van der Waals surface area (Å²) in [5.74, 6) is 1.24. The van der Waals surface area contributed by atoms with E-state index in [1.165, 1.54) is 11.1 Å². The van der Waals surface area contributed by atoms with Crippen LogP contribution in [-0.4, -0.2) is 26.3 Å². The van der Waals surface area contributed by atoms with Crippen molar-refractivity contribution in [2.24, 2.45) is 0 Å². The Balaban J connectivity index is 1.81. The fourth-order valence-corrected chi connectivity index (χ4v) is 4.57. The molecule has 0 unspecified atom stereocenters. The van der Waals surface area contributed by atoms with Crippen molar-refractivity contribution in [1.29, 1.82) is 0 Å². The fourth-order valence-electron chi connectivity index (χ4n) is 4.57. The van der Waals surface area contributed by atoms with E-state index < -0.39 is 0 Å². The van der Waals surface area contributed by atoms with Crippen molar-refractivity contribution < 1.29 is 19.0 Å². The van der Waals surface area contributed by atoms with Crippen molar-refractivity contribution in [3.05, 3.63) is 106 Å². The van der Waals surface area contributed by atoms with Crippen LogP contribution in [0.5, 0.6) is 11.5 Å². The lowest BCUT2D eigenvalue weighted by atomic mass is 9.86. The number of benzene rings is 3. The van der Waals surface area contributed by atoms with Crippen LogP contribution in [0, 0.1) is 0 Å². The molecule has 0 aromatic heterocycles. The minimum Gasteiger partial charge on any atom is -0.496 e. The van der Waals surface area contributed by atoms with Gasteiger partial charge in [0, 0.05) is 16.7 Å². The minimum atomic E-state index is -0.338. The SMILES string of the molecule is C=C(C)C(=O)OCCCCCOc1cc(C=Cc2ccc(C(C)(C)C)cc2)c(OC)cc1C=Cc1ccc(C(C)(C)C)cc1. The molecule has 0 N–H and O–H groups in total. The third-order valence-electron chi connectivity index (χ3n) is 7.45. The molecule has 4 heteroatoms. The molecule has 0 aliphatic rings. The molecule has 0 aliphatic carbocycles. The van der Waals surface area contributed by atoms with E-state index in [4.69, 9.17) is 14.2 Å². The number of hydrogen-bond donors (Lipinski definition) is 0. The summed E-state index contributed by atoms with van der Waals surface area (Å²) in [6, 6.07) is 21.4. The molecule has 3 aromatic carbocycles. The molecular formula is C40H50O4. The van der Waals surface area contributed by atoms with Crippen molar-refractivity contribution >= 4 is 30.3 Å². The van der Waals surface area contributed by atoms with Gasteiger partial charge in [0.25, 0.3) is 0 Å². The highest BCUT2D eigenvalue weighted by Gasteiger charge is 2.14.